The molecule has 0 saturated heterocycles. The van der Waals surface area contributed by atoms with E-state index in [2.05, 4.69) is 43.9 Å². The van der Waals surface area contributed by atoms with E-state index in [0.29, 0.717) is 12.8 Å². The molecule has 0 aliphatic heterocycles. The molecule has 2 aromatic carbocycles. The van der Waals surface area contributed by atoms with Crippen molar-refractivity contribution >= 4 is 40.3 Å². The molecule has 0 fully saturated rings. The highest BCUT2D eigenvalue weighted by Gasteiger charge is 2.06. The van der Waals surface area contributed by atoms with Gasteiger partial charge in [0, 0.05) is 61.0 Å². The lowest BCUT2D eigenvalue weighted by molar-refractivity contribution is -0.693. The van der Waals surface area contributed by atoms with E-state index < -0.39 is 0 Å². The number of carbonyl (C=O) groups is 2. The summed E-state index contributed by atoms with van der Waals surface area (Å²) in [6.45, 7) is 6.07. The van der Waals surface area contributed by atoms with E-state index in [1.807, 2.05) is 97.6 Å². The SMILES string of the molecule is CCn1ccc(=Nc2ccc(NC(=O)CCCCCCC(=O)Nc3ccc(Nc4cc[n+](CC)cc4)cc3)cc2)cc1. The second-order valence-electron chi connectivity index (χ2n) is 10.2. The van der Waals surface area contributed by atoms with Gasteiger partial charge in [0.2, 0.25) is 11.8 Å². The van der Waals surface area contributed by atoms with Gasteiger partial charge in [-0.1, -0.05) is 12.8 Å². The number of rotatable bonds is 14. The summed E-state index contributed by atoms with van der Waals surface area (Å²) in [7, 11) is 0. The average molecular weight is 566 g/mol. The molecule has 42 heavy (non-hydrogen) atoms. The predicted molar refractivity (Wildman–Crippen MR) is 169 cm³/mol. The zero-order valence-electron chi connectivity index (χ0n) is 24.6. The van der Waals surface area contributed by atoms with Crippen LogP contribution in [0.4, 0.5) is 28.4 Å². The number of nitrogens with one attached hydrogen (secondary N) is 3. The molecule has 2 amide bonds. The number of benzene rings is 2. The van der Waals surface area contributed by atoms with Crippen LogP contribution in [0.3, 0.4) is 0 Å². The largest absolute Gasteiger partial charge is 0.355 e. The lowest BCUT2D eigenvalue weighted by Crippen LogP contribution is -2.30. The zero-order valence-corrected chi connectivity index (χ0v) is 24.6. The highest BCUT2D eigenvalue weighted by molar-refractivity contribution is 5.91. The van der Waals surface area contributed by atoms with Gasteiger partial charge in [0.15, 0.2) is 12.4 Å². The fraction of sp³-hybridized carbons (Fsp3) is 0.294. The first kappa shape index (κ1) is 30.2. The van der Waals surface area contributed by atoms with Crippen LogP contribution in [0.15, 0.2) is 103 Å². The number of aromatic nitrogens is 2. The average Bonchev–Trinajstić information content (AvgIpc) is 3.01. The molecule has 8 nitrogen and oxygen atoms in total. The Morgan fingerprint density at radius 1 is 0.667 bits per heavy atom. The molecule has 4 aromatic rings. The minimum Gasteiger partial charge on any atom is -0.355 e. The number of carbonyl (C=O) groups excluding carboxylic acids is 2. The van der Waals surface area contributed by atoms with Gasteiger partial charge in [0.05, 0.1) is 16.7 Å². The smallest absolute Gasteiger partial charge is 0.224 e. The molecule has 2 aromatic heterocycles. The molecule has 0 spiro atoms. The monoisotopic (exact) mass is 565 g/mol. The maximum Gasteiger partial charge on any atom is 0.224 e. The maximum atomic E-state index is 12.3. The molecule has 8 heteroatoms. The maximum absolute atomic E-state index is 12.3. The molecule has 0 aliphatic rings. The highest BCUT2D eigenvalue weighted by atomic mass is 16.2. The van der Waals surface area contributed by atoms with Crippen LogP contribution in [-0.4, -0.2) is 16.4 Å². The van der Waals surface area contributed by atoms with Gasteiger partial charge in [0.1, 0.15) is 6.54 Å². The molecular formula is C34H41N6O2+. The Labute approximate surface area is 248 Å². The highest BCUT2D eigenvalue weighted by Crippen LogP contribution is 2.19. The zero-order chi connectivity index (χ0) is 29.6. The van der Waals surface area contributed by atoms with Gasteiger partial charge in [-0.05, 0) is 87.4 Å². The van der Waals surface area contributed by atoms with Gasteiger partial charge in [-0.2, -0.15) is 0 Å². The molecule has 218 valence electrons. The number of hydrogen-bond donors (Lipinski definition) is 3. The number of unbranched alkanes of at least 4 members (excludes halogenated alkanes) is 3. The van der Waals surface area contributed by atoms with Crippen molar-refractivity contribution in [3.8, 4) is 0 Å². The number of hydrogen-bond acceptors (Lipinski definition) is 4. The van der Waals surface area contributed by atoms with Gasteiger partial charge in [0.25, 0.3) is 0 Å². The fourth-order valence-corrected chi connectivity index (χ4v) is 4.43. The molecular weight excluding hydrogens is 524 g/mol. The molecule has 2 heterocycles. The Morgan fingerprint density at radius 3 is 1.69 bits per heavy atom. The Balaban J connectivity index is 1.08. The van der Waals surface area contributed by atoms with Crippen LogP contribution in [-0.2, 0) is 22.7 Å². The van der Waals surface area contributed by atoms with Gasteiger partial charge >= 0.3 is 0 Å². The summed E-state index contributed by atoms with van der Waals surface area (Å²) in [5.74, 6) is 0.00656. The summed E-state index contributed by atoms with van der Waals surface area (Å²) in [6, 6.07) is 23.3. The fourth-order valence-electron chi connectivity index (χ4n) is 4.43. The summed E-state index contributed by atoms with van der Waals surface area (Å²) >= 11 is 0. The summed E-state index contributed by atoms with van der Waals surface area (Å²) in [4.78, 5) is 29.3. The van der Waals surface area contributed by atoms with Crippen LogP contribution in [0.25, 0.3) is 0 Å². The third-order valence-corrected chi connectivity index (χ3v) is 6.92. The molecule has 3 N–H and O–H groups in total. The van der Waals surface area contributed by atoms with Crippen molar-refractivity contribution in [3.05, 3.63) is 103 Å². The second-order valence-corrected chi connectivity index (χ2v) is 10.2. The van der Waals surface area contributed by atoms with Crippen molar-refractivity contribution in [2.75, 3.05) is 16.0 Å². The van der Waals surface area contributed by atoms with Crippen molar-refractivity contribution in [2.45, 2.75) is 65.5 Å². The van der Waals surface area contributed by atoms with Gasteiger partial charge < -0.3 is 20.5 Å². The van der Waals surface area contributed by atoms with Crippen LogP contribution in [0, 0.1) is 0 Å². The van der Waals surface area contributed by atoms with Crippen LogP contribution in [0.2, 0.25) is 0 Å². The molecule has 0 unspecified atom stereocenters. The first-order valence-corrected chi connectivity index (χ1v) is 14.8. The number of nitrogens with zero attached hydrogens (tertiary/aromatic N) is 3. The Morgan fingerprint density at radius 2 is 1.17 bits per heavy atom. The van der Waals surface area contributed by atoms with Crippen molar-refractivity contribution in [1.82, 2.24) is 4.57 Å². The second kappa shape index (κ2) is 15.9. The summed E-state index contributed by atoms with van der Waals surface area (Å²) < 4.78 is 4.19. The van der Waals surface area contributed by atoms with E-state index in [9.17, 15) is 9.59 Å². The van der Waals surface area contributed by atoms with Crippen LogP contribution in [0.1, 0.15) is 52.4 Å². The molecule has 0 aliphatic carbocycles. The number of anilines is 4. The summed E-state index contributed by atoms with van der Waals surface area (Å²) in [5, 5.41) is 10.2. The van der Waals surface area contributed by atoms with Gasteiger partial charge in [-0.3, -0.25) is 9.59 Å². The molecule has 0 atom stereocenters. The lowest BCUT2D eigenvalue weighted by atomic mass is 10.1. The van der Waals surface area contributed by atoms with E-state index >= 15 is 0 Å². The first-order valence-electron chi connectivity index (χ1n) is 14.8. The molecule has 0 saturated carbocycles. The predicted octanol–water partition coefficient (Wildman–Crippen LogP) is 6.71. The first-order chi connectivity index (χ1) is 20.5. The summed E-state index contributed by atoms with van der Waals surface area (Å²) in [5.41, 5.74) is 4.37. The minimum atomic E-state index is -0.000546. The Bertz CT molecular complexity index is 1470. The van der Waals surface area contributed by atoms with Crippen LogP contribution < -0.4 is 25.9 Å². The topological polar surface area (TPSA) is 91.4 Å². The van der Waals surface area contributed by atoms with E-state index in [-0.39, 0.29) is 11.8 Å². The summed E-state index contributed by atoms with van der Waals surface area (Å²) in [6.07, 6.45) is 12.4. The standard InChI is InChI=1S/C34H40N6O2/c1-3-39-23-19-31(20-24-39)35-27-11-15-29(16-12-27)37-33(41)9-7-5-6-8-10-34(42)38-30-17-13-28(14-18-30)36-32-21-25-40(4-2)26-22-32/h11-26H,3-10H2,1-2H3,(H2,37,38,41,42)/p+1. The Kier molecular flexibility index (Phi) is 11.5. The third kappa shape index (κ3) is 10.0. The van der Waals surface area contributed by atoms with Crippen LogP contribution >= 0.6 is 0 Å². The number of aryl methyl sites for hydroxylation is 2. The van der Waals surface area contributed by atoms with Gasteiger partial charge in [-0.15, -0.1) is 0 Å². The van der Waals surface area contributed by atoms with Gasteiger partial charge in [-0.25, -0.2) is 9.56 Å². The van der Waals surface area contributed by atoms with Crippen molar-refractivity contribution in [2.24, 2.45) is 4.99 Å². The quantitative estimate of drug-likeness (QED) is 0.117. The van der Waals surface area contributed by atoms with E-state index in [1.54, 1.807) is 0 Å². The van der Waals surface area contributed by atoms with E-state index in [0.717, 1.165) is 72.6 Å². The van der Waals surface area contributed by atoms with Crippen molar-refractivity contribution in [1.29, 1.82) is 0 Å². The number of amides is 2. The normalized spacial score (nSPS) is 10.6. The van der Waals surface area contributed by atoms with Crippen LogP contribution in [0.5, 0.6) is 0 Å². The minimum absolute atomic E-state index is 0.000546. The van der Waals surface area contributed by atoms with Crippen molar-refractivity contribution in [3.63, 3.8) is 0 Å². The van der Waals surface area contributed by atoms with Crippen molar-refractivity contribution < 1.29 is 14.2 Å². The number of pyridine rings is 2. The molecule has 0 radical (unpaired) electrons. The lowest BCUT2D eigenvalue weighted by Gasteiger charge is -2.09. The third-order valence-electron chi connectivity index (χ3n) is 6.92. The van der Waals surface area contributed by atoms with E-state index in [4.69, 9.17) is 0 Å². The van der Waals surface area contributed by atoms with E-state index in [1.165, 1.54) is 0 Å². The molecule has 0 bridgehead atoms. The Hall–Kier alpha value is -4.72. The molecule has 4 rings (SSSR count).